The van der Waals surface area contributed by atoms with E-state index >= 15 is 0 Å². The molecule has 0 saturated carbocycles. The number of primary amides is 1. The molecule has 1 rings (SSSR count). The maximum Gasteiger partial charge on any atom is 0.326 e. The predicted molar refractivity (Wildman–Crippen MR) is 58.6 cm³/mol. The number of hydrogen-bond donors (Lipinski definition) is 4. The van der Waals surface area contributed by atoms with Gasteiger partial charge in [0.15, 0.2) is 0 Å². The molecule has 0 saturated heterocycles. The molecule has 0 aliphatic heterocycles. The van der Waals surface area contributed by atoms with Crippen molar-refractivity contribution >= 4 is 17.8 Å². The third kappa shape index (κ3) is 3.87. The van der Waals surface area contributed by atoms with Gasteiger partial charge in [0.2, 0.25) is 11.8 Å². The third-order valence-electron chi connectivity index (χ3n) is 2.47. The molecule has 1 aliphatic carbocycles. The summed E-state index contributed by atoms with van der Waals surface area (Å²) in [5.74, 6) is -2.97. The van der Waals surface area contributed by atoms with Gasteiger partial charge in [0.25, 0.3) is 0 Å². The fraction of sp³-hybridized carbons (Fsp3) is 0.500. The molecule has 3 atom stereocenters. The van der Waals surface area contributed by atoms with Gasteiger partial charge in [-0.25, -0.2) is 4.79 Å². The van der Waals surface area contributed by atoms with Gasteiger partial charge in [-0.05, 0) is 6.42 Å². The molecule has 7 nitrogen and oxygen atoms in total. The molecule has 17 heavy (non-hydrogen) atoms. The second-order valence-corrected chi connectivity index (χ2v) is 3.96. The summed E-state index contributed by atoms with van der Waals surface area (Å²) in [5.41, 5.74) is 10.5. The van der Waals surface area contributed by atoms with Crippen LogP contribution in [0.1, 0.15) is 12.8 Å². The van der Waals surface area contributed by atoms with Crippen LogP contribution in [0.2, 0.25) is 0 Å². The molecule has 0 heterocycles. The number of amides is 2. The first-order chi connectivity index (χ1) is 7.90. The lowest BCUT2D eigenvalue weighted by atomic mass is 10.1. The molecule has 2 amide bonds. The SMILES string of the molecule is NC(=O)C[C@@H](NC(=O)C1C=CC(N)C1)C(=O)O. The van der Waals surface area contributed by atoms with Crippen LogP contribution in [-0.2, 0) is 14.4 Å². The summed E-state index contributed by atoms with van der Waals surface area (Å²) < 4.78 is 0. The Morgan fingerprint density at radius 2 is 2.06 bits per heavy atom. The fourth-order valence-corrected chi connectivity index (χ4v) is 1.60. The third-order valence-corrected chi connectivity index (χ3v) is 2.47. The summed E-state index contributed by atoms with van der Waals surface area (Å²) in [4.78, 5) is 33.1. The van der Waals surface area contributed by atoms with Crippen LogP contribution in [0.15, 0.2) is 12.2 Å². The lowest BCUT2D eigenvalue weighted by Gasteiger charge is -2.15. The number of rotatable bonds is 5. The van der Waals surface area contributed by atoms with E-state index in [1.165, 1.54) is 0 Å². The minimum absolute atomic E-state index is 0.190. The number of carbonyl (C=O) groups excluding carboxylic acids is 2. The average molecular weight is 241 g/mol. The van der Waals surface area contributed by atoms with Gasteiger partial charge in [0.1, 0.15) is 6.04 Å². The molecular weight excluding hydrogens is 226 g/mol. The molecule has 0 aromatic carbocycles. The molecule has 0 radical (unpaired) electrons. The van der Waals surface area contributed by atoms with Crippen molar-refractivity contribution in [3.05, 3.63) is 12.2 Å². The first kappa shape index (κ1) is 13.2. The minimum atomic E-state index is -1.29. The molecule has 2 unspecified atom stereocenters. The normalized spacial score (nSPS) is 24.3. The number of nitrogens with one attached hydrogen (secondary N) is 1. The zero-order valence-electron chi connectivity index (χ0n) is 9.13. The van der Waals surface area contributed by atoms with Crippen molar-refractivity contribution in [1.29, 1.82) is 0 Å². The van der Waals surface area contributed by atoms with Crippen LogP contribution in [0, 0.1) is 5.92 Å². The van der Waals surface area contributed by atoms with E-state index in [0.29, 0.717) is 6.42 Å². The lowest BCUT2D eigenvalue weighted by molar-refractivity contribution is -0.143. The van der Waals surface area contributed by atoms with Crippen LogP contribution < -0.4 is 16.8 Å². The second-order valence-electron chi connectivity index (χ2n) is 3.96. The van der Waals surface area contributed by atoms with E-state index in [4.69, 9.17) is 16.6 Å². The Labute approximate surface area is 97.8 Å². The zero-order chi connectivity index (χ0) is 13.0. The molecule has 1 aliphatic rings. The molecule has 94 valence electrons. The molecular formula is C10H15N3O4. The summed E-state index contributed by atoms with van der Waals surface area (Å²) in [6.45, 7) is 0. The Hall–Kier alpha value is -1.89. The van der Waals surface area contributed by atoms with Gasteiger partial charge in [0, 0.05) is 6.04 Å². The van der Waals surface area contributed by atoms with Gasteiger partial charge in [-0.2, -0.15) is 0 Å². The molecule has 0 fully saturated rings. The van der Waals surface area contributed by atoms with Crippen LogP contribution in [0.4, 0.5) is 0 Å². The Bertz CT molecular complexity index is 367. The van der Waals surface area contributed by atoms with Crippen LogP contribution in [-0.4, -0.2) is 35.0 Å². The van der Waals surface area contributed by atoms with Gasteiger partial charge in [-0.1, -0.05) is 12.2 Å². The number of carboxylic acid groups (broad SMARTS) is 1. The molecule has 0 aromatic heterocycles. The van der Waals surface area contributed by atoms with Gasteiger partial charge < -0.3 is 21.9 Å². The minimum Gasteiger partial charge on any atom is -0.480 e. The predicted octanol–water partition coefficient (Wildman–Crippen LogP) is -1.67. The largest absolute Gasteiger partial charge is 0.480 e. The molecule has 7 heteroatoms. The van der Waals surface area contributed by atoms with E-state index in [-0.39, 0.29) is 6.04 Å². The van der Waals surface area contributed by atoms with Gasteiger partial charge in [-0.15, -0.1) is 0 Å². The Balaban J connectivity index is 2.55. The highest BCUT2D eigenvalue weighted by atomic mass is 16.4. The van der Waals surface area contributed by atoms with Crippen molar-refractivity contribution in [2.45, 2.75) is 24.9 Å². The maximum absolute atomic E-state index is 11.7. The summed E-state index contributed by atoms with van der Waals surface area (Å²) >= 11 is 0. The van der Waals surface area contributed by atoms with E-state index in [1.54, 1.807) is 12.2 Å². The Kier molecular flexibility index (Phi) is 4.22. The second kappa shape index (κ2) is 5.44. The van der Waals surface area contributed by atoms with E-state index in [0.717, 1.165) is 0 Å². The van der Waals surface area contributed by atoms with E-state index in [1.807, 2.05) is 0 Å². The topological polar surface area (TPSA) is 136 Å². The fourth-order valence-electron chi connectivity index (χ4n) is 1.60. The first-order valence-electron chi connectivity index (χ1n) is 5.15. The smallest absolute Gasteiger partial charge is 0.326 e. The quantitative estimate of drug-likeness (QED) is 0.427. The number of nitrogens with two attached hydrogens (primary N) is 2. The highest BCUT2D eigenvalue weighted by Crippen LogP contribution is 2.16. The van der Waals surface area contributed by atoms with Crippen LogP contribution in [0.25, 0.3) is 0 Å². The number of aliphatic carboxylic acids is 1. The Morgan fingerprint density at radius 3 is 2.47 bits per heavy atom. The maximum atomic E-state index is 11.7. The molecule has 0 aromatic rings. The monoisotopic (exact) mass is 241 g/mol. The number of hydrogen-bond acceptors (Lipinski definition) is 4. The summed E-state index contributed by atoms with van der Waals surface area (Å²) in [6.07, 6.45) is 3.33. The van der Waals surface area contributed by atoms with Crippen molar-refractivity contribution in [1.82, 2.24) is 5.32 Å². The van der Waals surface area contributed by atoms with E-state index in [2.05, 4.69) is 5.32 Å². The highest BCUT2D eigenvalue weighted by molar-refractivity contribution is 5.89. The summed E-state index contributed by atoms with van der Waals surface area (Å²) in [7, 11) is 0. The number of carboxylic acids is 1. The van der Waals surface area contributed by atoms with Crippen molar-refractivity contribution in [2.24, 2.45) is 17.4 Å². The van der Waals surface area contributed by atoms with Gasteiger partial charge in [-0.3, -0.25) is 9.59 Å². The van der Waals surface area contributed by atoms with E-state index < -0.39 is 36.2 Å². The summed E-state index contributed by atoms with van der Waals surface area (Å²) in [6, 6.07) is -1.48. The van der Waals surface area contributed by atoms with Crippen LogP contribution >= 0.6 is 0 Å². The van der Waals surface area contributed by atoms with Crippen molar-refractivity contribution in [3.63, 3.8) is 0 Å². The van der Waals surface area contributed by atoms with Crippen molar-refractivity contribution in [2.75, 3.05) is 0 Å². The van der Waals surface area contributed by atoms with Crippen molar-refractivity contribution < 1.29 is 19.5 Å². The first-order valence-corrected chi connectivity index (χ1v) is 5.15. The van der Waals surface area contributed by atoms with Crippen molar-refractivity contribution in [3.8, 4) is 0 Å². The summed E-state index contributed by atoms with van der Waals surface area (Å²) in [5, 5.41) is 11.1. The van der Waals surface area contributed by atoms with E-state index in [9.17, 15) is 14.4 Å². The zero-order valence-corrected chi connectivity index (χ0v) is 9.13. The Morgan fingerprint density at radius 1 is 1.41 bits per heavy atom. The van der Waals surface area contributed by atoms with Crippen LogP contribution in [0.5, 0.6) is 0 Å². The average Bonchev–Trinajstić information content (AvgIpc) is 2.63. The van der Waals surface area contributed by atoms with Gasteiger partial charge >= 0.3 is 5.97 Å². The van der Waals surface area contributed by atoms with Gasteiger partial charge in [0.05, 0.1) is 12.3 Å². The number of carbonyl (C=O) groups is 3. The lowest BCUT2D eigenvalue weighted by Crippen LogP contribution is -2.45. The molecule has 0 spiro atoms. The highest BCUT2D eigenvalue weighted by Gasteiger charge is 2.28. The standard InChI is InChI=1S/C10H15N3O4/c11-6-2-1-5(3-6)9(15)13-7(10(16)17)4-8(12)14/h1-2,5-7H,3-4,11H2,(H2,12,14)(H,13,15)(H,16,17)/t5?,6?,7-/m1/s1. The molecule has 6 N–H and O–H groups in total. The molecule has 0 bridgehead atoms. The van der Waals surface area contributed by atoms with Crippen LogP contribution in [0.3, 0.4) is 0 Å².